The third-order valence-electron chi connectivity index (χ3n) is 1.83. The second-order valence-corrected chi connectivity index (χ2v) is 4.09. The van der Waals surface area contributed by atoms with E-state index in [0.717, 1.165) is 10.0 Å². The number of aryl methyl sites for hydroxylation is 1. The highest BCUT2D eigenvalue weighted by Gasteiger charge is 2.03. The molecule has 0 aliphatic rings. The molecule has 2 nitrogen and oxygen atoms in total. The summed E-state index contributed by atoms with van der Waals surface area (Å²) in [4.78, 5) is 10.9. The van der Waals surface area contributed by atoms with Crippen LogP contribution in [0.2, 0.25) is 5.02 Å². The summed E-state index contributed by atoms with van der Waals surface area (Å²) in [7, 11) is 1.39. The van der Waals surface area contributed by atoms with E-state index in [1.165, 1.54) is 7.11 Å². The molecule has 0 unspecified atom stereocenters. The van der Waals surface area contributed by atoms with Crippen LogP contribution in [0.4, 0.5) is 0 Å². The van der Waals surface area contributed by atoms with Gasteiger partial charge < -0.3 is 4.74 Å². The number of carbonyl (C=O) groups is 1. The highest BCUT2D eigenvalue weighted by Crippen LogP contribution is 2.23. The average molecular weight is 278 g/mol. The fraction of sp³-hybridized carbons (Fsp3) is 0.300. The average Bonchev–Trinajstić information content (AvgIpc) is 2.19. The van der Waals surface area contributed by atoms with Crippen molar-refractivity contribution < 1.29 is 9.53 Å². The fourth-order valence-electron chi connectivity index (χ4n) is 1.04. The minimum Gasteiger partial charge on any atom is -0.469 e. The predicted molar refractivity (Wildman–Crippen MR) is 59.5 cm³/mol. The van der Waals surface area contributed by atoms with Crippen molar-refractivity contribution in [1.82, 2.24) is 0 Å². The van der Waals surface area contributed by atoms with E-state index in [1.54, 1.807) is 6.07 Å². The Morgan fingerprint density at radius 1 is 1.57 bits per heavy atom. The van der Waals surface area contributed by atoms with Crippen LogP contribution in [0, 0.1) is 0 Å². The molecule has 0 N–H and O–H groups in total. The molecule has 1 aromatic carbocycles. The Morgan fingerprint density at radius 2 is 2.29 bits per heavy atom. The van der Waals surface area contributed by atoms with Gasteiger partial charge in [0.2, 0.25) is 0 Å². The number of esters is 1. The standard InChI is InChI=1S/C10H10BrClO2/c1-14-10(13)5-3-7-2-4-9(12)8(11)6-7/h2,4,6H,3,5H2,1H3. The van der Waals surface area contributed by atoms with Crippen LogP contribution in [0.1, 0.15) is 12.0 Å². The van der Waals surface area contributed by atoms with Crippen molar-refractivity contribution in [3.63, 3.8) is 0 Å². The molecule has 1 rings (SSSR count). The van der Waals surface area contributed by atoms with Crippen LogP contribution < -0.4 is 0 Å². The molecule has 0 saturated heterocycles. The maximum atomic E-state index is 10.9. The van der Waals surface area contributed by atoms with Gasteiger partial charge in [-0.05, 0) is 40.0 Å². The lowest BCUT2D eigenvalue weighted by molar-refractivity contribution is -0.140. The van der Waals surface area contributed by atoms with Crippen molar-refractivity contribution in [3.8, 4) is 0 Å². The number of rotatable bonds is 3. The molecule has 0 heterocycles. The molecule has 0 amide bonds. The Hall–Kier alpha value is -0.540. The first kappa shape index (κ1) is 11.5. The molecule has 76 valence electrons. The molecule has 4 heteroatoms. The van der Waals surface area contributed by atoms with Gasteiger partial charge in [0.1, 0.15) is 0 Å². The van der Waals surface area contributed by atoms with Crippen LogP contribution in [0.3, 0.4) is 0 Å². The number of hydrogen-bond donors (Lipinski definition) is 0. The summed E-state index contributed by atoms with van der Waals surface area (Å²) in [5.74, 6) is -0.198. The number of hydrogen-bond acceptors (Lipinski definition) is 2. The van der Waals surface area contributed by atoms with Gasteiger partial charge in [-0.1, -0.05) is 17.7 Å². The zero-order chi connectivity index (χ0) is 10.6. The molecule has 0 saturated carbocycles. The van der Waals surface area contributed by atoms with E-state index in [9.17, 15) is 4.79 Å². The molecule has 14 heavy (non-hydrogen) atoms. The third kappa shape index (κ3) is 3.31. The number of benzene rings is 1. The maximum absolute atomic E-state index is 10.9. The summed E-state index contributed by atoms with van der Waals surface area (Å²) in [5.41, 5.74) is 1.06. The Bertz CT molecular complexity index is 339. The van der Waals surface area contributed by atoms with Gasteiger partial charge in [-0.2, -0.15) is 0 Å². The SMILES string of the molecule is COC(=O)CCc1ccc(Cl)c(Br)c1. The molecule has 0 atom stereocenters. The summed E-state index contributed by atoms with van der Waals surface area (Å²) >= 11 is 9.15. The van der Waals surface area contributed by atoms with Gasteiger partial charge in [0, 0.05) is 10.9 Å². The zero-order valence-corrected chi connectivity index (χ0v) is 10.1. The molecule has 0 radical (unpaired) electrons. The lowest BCUT2D eigenvalue weighted by Crippen LogP contribution is -2.01. The van der Waals surface area contributed by atoms with Gasteiger partial charge in [0.05, 0.1) is 12.1 Å². The molecular formula is C10H10BrClO2. The highest BCUT2D eigenvalue weighted by atomic mass is 79.9. The minimum absolute atomic E-state index is 0.198. The van der Waals surface area contributed by atoms with Crippen LogP contribution >= 0.6 is 27.5 Å². The van der Waals surface area contributed by atoms with Crippen LogP contribution in [-0.4, -0.2) is 13.1 Å². The molecule has 0 bridgehead atoms. The van der Waals surface area contributed by atoms with Gasteiger partial charge in [0.15, 0.2) is 0 Å². The minimum atomic E-state index is -0.198. The van der Waals surface area contributed by atoms with E-state index >= 15 is 0 Å². The van der Waals surface area contributed by atoms with E-state index in [-0.39, 0.29) is 5.97 Å². The van der Waals surface area contributed by atoms with Crippen LogP contribution in [0.15, 0.2) is 22.7 Å². The van der Waals surface area contributed by atoms with Crippen molar-refractivity contribution in [1.29, 1.82) is 0 Å². The molecule has 0 spiro atoms. The number of methoxy groups -OCH3 is 1. The number of ether oxygens (including phenoxy) is 1. The molecule has 0 aliphatic carbocycles. The largest absolute Gasteiger partial charge is 0.469 e. The van der Waals surface area contributed by atoms with Crippen molar-refractivity contribution in [2.45, 2.75) is 12.8 Å². The highest BCUT2D eigenvalue weighted by molar-refractivity contribution is 9.10. The van der Waals surface area contributed by atoms with E-state index < -0.39 is 0 Å². The van der Waals surface area contributed by atoms with E-state index in [2.05, 4.69) is 20.7 Å². The first-order chi connectivity index (χ1) is 6.63. The first-order valence-corrected chi connectivity index (χ1v) is 5.31. The van der Waals surface area contributed by atoms with Gasteiger partial charge in [-0.3, -0.25) is 4.79 Å². The molecule has 0 fully saturated rings. The van der Waals surface area contributed by atoms with Gasteiger partial charge >= 0.3 is 5.97 Å². The summed E-state index contributed by atoms with van der Waals surface area (Å²) < 4.78 is 5.40. The molecule has 0 aliphatic heterocycles. The fourth-order valence-corrected chi connectivity index (χ4v) is 1.59. The van der Waals surface area contributed by atoms with Crippen LogP contribution in [0.25, 0.3) is 0 Å². The van der Waals surface area contributed by atoms with Gasteiger partial charge in [-0.25, -0.2) is 0 Å². The molecule has 1 aromatic rings. The van der Waals surface area contributed by atoms with Gasteiger partial charge in [0.25, 0.3) is 0 Å². The van der Waals surface area contributed by atoms with Crippen LogP contribution in [-0.2, 0) is 16.0 Å². The Kier molecular flexibility index (Phi) is 4.42. The molecular weight excluding hydrogens is 267 g/mol. The quantitative estimate of drug-likeness (QED) is 0.793. The molecule has 0 aromatic heterocycles. The topological polar surface area (TPSA) is 26.3 Å². The third-order valence-corrected chi connectivity index (χ3v) is 3.04. The smallest absolute Gasteiger partial charge is 0.305 e. The predicted octanol–water partition coefficient (Wildman–Crippen LogP) is 3.21. The van der Waals surface area contributed by atoms with E-state index in [1.807, 2.05) is 12.1 Å². The van der Waals surface area contributed by atoms with Gasteiger partial charge in [-0.15, -0.1) is 0 Å². The zero-order valence-electron chi connectivity index (χ0n) is 7.72. The van der Waals surface area contributed by atoms with Crippen molar-refractivity contribution in [2.24, 2.45) is 0 Å². The van der Waals surface area contributed by atoms with Crippen molar-refractivity contribution >= 4 is 33.5 Å². The lowest BCUT2D eigenvalue weighted by Gasteiger charge is -2.02. The Balaban J connectivity index is 2.60. The van der Waals surface area contributed by atoms with Crippen molar-refractivity contribution in [3.05, 3.63) is 33.3 Å². The maximum Gasteiger partial charge on any atom is 0.305 e. The second kappa shape index (κ2) is 5.37. The van der Waals surface area contributed by atoms with Crippen LogP contribution in [0.5, 0.6) is 0 Å². The Morgan fingerprint density at radius 3 is 2.86 bits per heavy atom. The normalized spacial score (nSPS) is 9.93. The number of carbonyl (C=O) groups excluding carboxylic acids is 1. The first-order valence-electron chi connectivity index (χ1n) is 4.14. The summed E-state index contributed by atoms with van der Waals surface area (Å²) in [5, 5.41) is 0.673. The van der Waals surface area contributed by atoms with E-state index in [0.29, 0.717) is 17.9 Å². The van der Waals surface area contributed by atoms with E-state index in [4.69, 9.17) is 11.6 Å². The summed E-state index contributed by atoms with van der Waals surface area (Å²) in [6, 6.07) is 5.61. The second-order valence-electron chi connectivity index (χ2n) is 2.82. The van der Waals surface area contributed by atoms with Crippen molar-refractivity contribution in [2.75, 3.05) is 7.11 Å². The summed E-state index contributed by atoms with van der Waals surface area (Å²) in [6.45, 7) is 0. The number of halogens is 2. The monoisotopic (exact) mass is 276 g/mol. The Labute approximate surface area is 96.3 Å². The lowest BCUT2D eigenvalue weighted by atomic mass is 10.1. The summed E-state index contributed by atoms with van der Waals surface area (Å²) in [6.07, 6.45) is 1.06.